The van der Waals surface area contributed by atoms with Crippen molar-refractivity contribution in [2.75, 3.05) is 7.11 Å². The molecular weight excluding hydrogens is 378 g/mol. The van der Waals surface area contributed by atoms with Gasteiger partial charge in [0, 0.05) is 11.3 Å². The second kappa shape index (κ2) is 8.00. The second-order valence-corrected chi connectivity index (χ2v) is 6.24. The minimum Gasteiger partial charge on any atom is -0.476 e. The summed E-state index contributed by atoms with van der Waals surface area (Å²) >= 11 is 0. The molecule has 0 saturated carbocycles. The highest BCUT2D eigenvalue weighted by atomic mass is 19.4. The molecular formula is C20H17F4NO3. The maximum atomic E-state index is 13.8. The Kier molecular flexibility index (Phi) is 5.67. The zero-order valence-corrected chi connectivity index (χ0v) is 14.9. The third-order valence-electron chi connectivity index (χ3n) is 4.37. The monoisotopic (exact) mass is 395 g/mol. The van der Waals surface area contributed by atoms with E-state index in [9.17, 15) is 22.4 Å². The van der Waals surface area contributed by atoms with Gasteiger partial charge in [-0.15, -0.1) is 0 Å². The first-order chi connectivity index (χ1) is 13.3. The molecule has 0 aliphatic carbocycles. The van der Waals surface area contributed by atoms with Crippen LogP contribution in [0.25, 0.3) is 0 Å². The Balaban J connectivity index is 1.79. The van der Waals surface area contributed by atoms with Crippen LogP contribution in [0.1, 0.15) is 30.1 Å². The van der Waals surface area contributed by atoms with Gasteiger partial charge in [0.15, 0.2) is 0 Å². The summed E-state index contributed by atoms with van der Waals surface area (Å²) in [4.78, 5) is 15.8. The number of alkyl halides is 3. The van der Waals surface area contributed by atoms with E-state index in [4.69, 9.17) is 4.74 Å². The fourth-order valence-corrected chi connectivity index (χ4v) is 2.97. The van der Waals surface area contributed by atoms with E-state index in [1.54, 1.807) is 12.1 Å². The fourth-order valence-electron chi connectivity index (χ4n) is 2.97. The van der Waals surface area contributed by atoms with Crippen molar-refractivity contribution in [3.8, 4) is 5.75 Å². The minimum absolute atomic E-state index is 0.0579. The molecule has 0 amide bonds. The van der Waals surface area contributed by atoms with Crippen LogP contribution in [-0.4, -0.2) is 31.0 Å². The average molecular weight is 395 g/mol. The van der Waals surface area contributed by atoms with Gasteiger partial charge in [0.2, 0.25) is 6.10 Å². The highest BCUT2D eigenvalue weighted by Crippen LogP contribution is 2.38. The summed E-state index contributed by atoms with van der Waals surface area (Å²) in [6.07, 6.45) is -6.14. The summed E-state index contributed by atoms with van der Waals surface area (Å²) in [6.45, 7) is 0. The van der Waals surface area contributed by atoms with Crippen molar-refractivity contribution in [3.05, 3.63) is 65.5 Å². The number of rotatable bonds is 5. The van der Waals surface area contributed by atoms with Gasteiger partial charge in [-0.25, -0.2) is 9.18 Å². The third kappa shape index (κ3) is 4.32. The van der Waals surface area contributed by atoms with Crippen LogP contribution in [0.3, 0.4) is 0 Å². The zero-order chi connectivity index (χ0) is 20.3. The topological polar surface area (TPSA) is 47.9 Å². The van der Waals surface area contributed by atoms with E-state index in [-0.39, 0.29) is 5.75 Å². The van der Waals surface area contributed by atoms with Gasteiger partial charge in [0.05, 0.1) is 7.11 Å². The molecule has 4 nitrogen and oxygen atoms in total. The number of carbonyl (C=O) groups is 1. The highest BCUT2D eigenvalue weighted by molar-refractivity contribution is 6.03. The van der Waals surface area contributed by atoms with E-state index in [1.807, 2.05) is 0 Å². The summed E-state index contributed by atoms with van der Waals surface area (Å²) < 4.78 is 63.7. The first-order valence-electron chi connectivity index (χ1n) is 8.52. The van der Waals surface area contributed by atoms with Crippen molar-refractivity contribution in [2.45, 2.75) is 31.2 Å². The van der Waals surface area contributed by atoms with E-state index in [0.29, 0.717) is 24.1 Å². The molecule has 148 valence electrons. The molecule has 0 N–H and O–H groups in total. The molecule has 1 heterocycles. The van der Waals surface area contributed by atoms with E-state index >= 15 is 0 Å². The molecule has 1 aliphatic heterocycles. The predicted octanol–water partition coefficient (Wildman–Crippen LogP) is 4.63. The van der Waals surface area contributed by atoms with Crippen molar-refractivity contribution in [2.24, 2.45) is 4.99 Å². The number of aliphatic imine (C=N–C) groups is 1. The molecule has 2 aromatic rings. The Bertz CT molecular complexity index is 878. The first-order valence-corrected chi connectivity index (χ1v) is 8.52. The van der Waals surface area contributed by atoms with Gasteiger partial charge in [-0.05, 0) is 48.7 Å². The van der Waals surface area contributed by atoms with Crippen molar-refractivity contribution in [1.29, 1.82) is 0 Å². The molecule has 0 radical (unpaired) electrons. The normalized spacial score (nSPS) is 17.8. The van der Waals surface area contributed by atoms with Gasteiger partial charge >= 0.3 is 12.1 Å². The Morgan fingerprint density at radius 2 is 1.82 bits per heavy atom. The van der Waals surface area contributed by atoms with E-state index < -0.39 is 35.7 Å². The van der Waals surface area contributed by atoms with Crippen molar-refractivity contribution >= 4 is 11.7 Å². The molecule has 0 saturated heterocycles. The van der Waals surface area contributed by atoms with Crippen molar-refractivity contribution in [3.63, 3.8) is 0 Å². The van der Waals surface area contributed by atoms with Gasteiger partial charge < -0.3 is 9.47 Å². The van der Waals surface area contributed by atoms with Crippen LogP contribution in [0.15, 0.2) is 53.5 Å². The number of halogens is 4. The molecule has 8 heteroatoms. The van der Waals surface area contributed by atoms with Crippen LogP contribution in [-0.2, 0) is 9.53 Å². The maximum Gasteiger partial charge on any atom is 0.429 e. The number of ether oxygens (including phenoxy) is 2. The Morgan fingerprint density at radius 1 is 1.14 bits per heavy atom. The number of carbonyl (C=O) groups excluding carboxylic acids is 1. The number of hydrogen-bond donors (Lipinski definition) is 0. The molecule has 0 bridgehead atoms. The summed E-state index contributed by atoms with van der Waals surface area (Å²) in [5, 5.41) is 0. The summed E-state index contributed by atoms with van der Waals surface area (Å²) in [6, 6.07) is 9.91. The Labute approximate surface area is 158 Å². The largest absolute Gasteiger partial charge is 0.476 e. The van der Waals surface area contributed by atoms with Crippen LogP contribution in [0.2, 0.25) is 0 Å². The smallest absolute Gasteiger partial charge is 0.429 e. The lowest BCUT2D eigenvalue weighted by Gasteiger charge is -2.22. The molecule has 0 fully saturated rings. The van der Waals surface area contributed by atoms with Gasteiger partial charge in [0.1, 0.15) is 17.6 Å². The minimum atomic E-state index is -4.79. The molecule has 2 atom stereocenters. The predicted molar refractivity (Wildman–Crippen MR) is 93.8 cm³/mol. The zero-order valence-electron chi connectivity index (χ0n) is 14.9. The summed E-state index contributed by atoms with van der Waals surface area (Å²) in [5.41, 5.74) is 0.761. The van der Waals surface area contributed by atoms with E-state index in [0.717, 1.165) is 12.1 Å². The van der Waals surface area contributed by atoms with Crippen LogP contribution >= 0.6 is 0 Å². The second-order valence-electron chi connectivity index (χ2n) is 6.24. The standard InChI is InChI=1S/C20H17F4NO3/c1-27-19(26)17-11-10-16(25-17)12-6-8-13(9-7-12)28-18(20(22,23)24)14-4-2-3-5-15(14)21/h2-9,17-18H,10-11H2,1H3/t17-,18?/m0/s1. The number of hydrogen-bond acceptors (Lipinski definition) is 4. The van der Waals surface area contributed by atoms with Gasteiger partial charge in [-0.1, -0.05) is 18.2 Å². The summed E-state index contributed by atoms with van der Waals surface area (Å²) in [5.74, 6) is -1.47. The Hall–Kier alpha value is -2.90. The SMILES string of the molecule is COC(=O)[C@@H]1CCC(c2ccc(OC(c3ccccc3F)C(F)(F)F)cc2)=N1. The Morgan fingerprint density at radius 3 is 2.43 bits per heavy atom. The lowest BCUT2D eigenvalue weighted by Crippen LogP contribution is -2.27. The van der Waals surface area contributed by atoms with Crippen molar-refractivity contribution < 1.29 is 31.8 Å². The van der Waals surface area contributed by atoms with Crippen LogP contribution in [0.5, 0.6) is 5.75 Å². The summed E-state index contributed by atoms with van der Waals surface area (Å²) in [7, 11) is 1.29. The molecule has 3 rings (SSSR count). The molecule has 0 spiro atoms. The quantitative estimate of drug-likeness (QED) is 0.548. The number of benzene rings is 2. The average Bonchev–Trinajstić information content (AvgIpc) is 3.16. The molecule has 2 aromatic carbocycles. The molecule has 1 aliphatic rings. The molecule has 0 aromatic heterocycles. The first kappa shape index (κ1) is 19.9. The van der Waals surface area contributed by atoms with Gasteiger partial charge in [-0.2, -0.15) is 13.2 Å². The van der Waals surface area contributed by atoms with Crippen molar-refractivity contribution in [1.82, 2.24) is 0 Å². The van der Waals surface area contributed by atoms with Gasteiger partial charge in [-0.3, -0.25) is 4.99 Å². The lowest BCUT2D eigenvalue weighted by molar-refractivity contribution is -0.198. The van der Waals surface area contributed by atoms with Crippen LogP contribution < -0.4 is 4.74 Å². The third-order valence-corrected chi connectivity index (χ3v) is 4.37. The number of nitrogens with zero attached hydrogens (tertiary/aromatic N) is 1. The van der Waals surface area contributed by atoms with E-state index in [2.05, 4.69) is 9.73 Å². The fraction of sp³-hybridized carbons (Fsp3) is 0.300. The molecule has 1 unspecified atom stereocenters. The number of methoxy groups -OCH3 is 1. The van der Waals surface area contributed by atoms with Gasteiger partial charge in [0.25, 0.3) is 0 Å². The lowest BCUT2D eigenvalue weighted by atomic mass is 10.1. The highest BCUT2D eigenvalue weighted by Gasteiger charge is 2.44. The van der Waals surface area contributed by atoms with E-state index in [1.165, 1.54) is 31.4 Å². The van der Waals surface area contributed by atoms with Crippen LogP contribution in [0.4, 0.5) is 17.6 Å². The van der Waals surface area contributed by atoms with Crippen LogP contribution in [0, 0.1) is 5.82 Å². The maximum absolute atomic E-state index is 13.8. The molecule has 28 heavy (non-hydrogen) atoms. The number of esters is 1.